The molecule has 6 aliphatic rings. The standard InChI is InChI=1S/C41H58N2O2/c1-40-20-18-32-30-12-8-28(44-3)24-26(30)6-10-34(32)36(40)14-16-38(40)42-22-5-23-43-39-17-15-37-35-11-7-27-25-29(45-4)9-13-31(27)33(35)19-21-41(37,39)2/h8-9,12-13,24-25,32-39,42-43H,5-7,10-11,14-23H2,1-4H3/t32-,33-,34-,35-,36+,37+,38?,39?,40+,41+/m1/s1. The Bertz CT molecular complexity index is 1290. The van der Waals surface area contributed by atoms with Gasteiger partial charge in [-0.05, 0) is 189 Å². The summed E-state index contributed by atoms with van der Waals surface area (Å²) in [6, 6.07) is 15.2. The van der Waals surface area contributed by atoms with Gasteiger partial charge in [-0.15, -0.1) is 0 Å². The van der Waals surface area contributed by atoms with Crippen molar-refractivity contribution in [1.29, 1.82) is 0 Å². The number of benzene rings is 2. The van der Waals surface area contributed by atoms with Gasteiger partial charge in [-0.1, -0.05) is 26.0 Å². The van der Waals surface area contributed by atoms with Gasteiger partial charge in [0.05, 0.1) is 14.2 Å². The first-order valence-corrected chi connectivity index (χ1v) is 18.7. The number of nitrogens with one attached hydrogen (secondary N) is 2. The van der Waals surface area contributed by atoms with Gasteiger partial charge in [-0.3, -0.25) is 0 Å². The zero-order chi connectivity index (χ0) is 30.8. The van der Waals surface area contributed by atoms with E-state index in [-0.39, 0.29) is 0 Å². The Morgan fingerprint density at radius 1 is 0.622 bits per heavy atom. The number of fused-ring (bicyclic) bond motifs is 10. The largest absolute Gasteiger partial charge is 0.497 e. The van der Waals surface area contributed by atoms with Crippen molar-refractivity contribution in [2.75, 3.05) is 27.3 Å². The lowest BCUT2D eigenvalue weighted by Crippen LogP contribution is -2.50. The zero-order valence-corrected chi connectivity index (χ0v) is 28.5. The number of ether oxygens (including phenoxy) is 2. The van der Waals surface area contributed by atoms with E-state index in [1.165, 1.54) is 83.5 Å². The lowest BCUT2D eigenvalue weighted by atomic mass is 9.55. The summed E-state index contributed by atoms with van der Waals surface area (Å²) >= 11 is 0. The van der Waals surface area contributed by atoms with Crippen LogP contribution in [0.4, 0.5) is 0 Å². The third kappa shape index (κ3) is 4.98. The predicted molar refractivity (Wildman–Crippen MR) is 183 cm³/mol. The van der Waals surface area contributed by atoms with E-state index in [1.54, 1.807) is 36.5 Å². The van der Waals surface area contributed by atoms with Crippen LogP contribution in [0.5, 0.6) is 11.5 Å². The fraction of sp³-hybridized carbons (Fsp3) is 0.707. The molecule has 0 spiro atoms. The summed E-state index contributed by atoms with van der Waals surface area (Å²) in [4.78, 5) is 0. The van der Waals surface area contributed by atoms with Crippen molar-refractivity contribution in [3.8, 4) is 11.5 Å². The fourth-order valence-corrected chi connectivity index (χ4v) is 12.7. The molecular formula is C41H58N2O2. The first kappa shape index (κ1) is 30.3. The van der Waals surface area contributed by atoms with Crippen molar-refractivity contribution < 1.29 is 9.47 Å². The van der Waals surface area contributed by atoms with E-state index in [2.05, 4.69) is 60.9 Å². The Kier molecular flexibility index (Phi) is 8.00. The molecule has 0 heterocycles. The van der Waals surface area contributed by atoms with Crippen LogP contribution in [-0.2, 0) is 12.8 Å². The summed E-state index contributed by atoms with van der Waals surface area (Å²) in [5.74, 6) is 7.06. The molecule has 4 fully saturated rings. The van der Waals surface area contributed by atoms with Gasteiger partial charge in [0.15, 0.2) is 0 Å². The minimum atomic E-state index is 0.465. The molecule has 2 aromatic rings. The minimum Gasteiger partial charge on any atom is -0.497 e. The summed E-state index contributed by atoms with van der Waals surface area (Å²) in [7, 11) is 3.59. The van der Waals surface area contributed by atoms with Gasteiger partial charge < -0.3 is 20.1 Å². The van der Waals surface area contributed by atoms with Crippen LogP contribution < -0.4 is 20.1 Å². The maximum Gasteiger partial charge on any atom is 0.119 e. The normalized spacial score (nSPS) is 39.6. The number of hydrogen-bond acceptors (Lipinski definition) is 4. The maximum atomic E-state index is 5.55. The van der Waals surface area contributed by atoms with Crippen molar-refractivity contribution >= 4 is 0 Å². The Balaban J connectivity index is 0.833. The molecule has 4 nitrogen and oxygen atoms in total. The Hall–Kier alpha value is -2.04. The molecule has 0 amide bonds. The van der Waals surface area contributed by atoms with Crippen molar-refractivity contribution in [1.82, 2.24) is 10.6 Å². The SMILES string of the molecule is COc1ccc2c(c1)CC[C@@H]1[C@@H]2CC[C@]2(C)C(NCCCNC3CC[C@H]4[C@@H]5CCc6cc(OC)ccc6[C@H]5CC[C@]34C)CC[C@@H]12. The molecule has 0 saturated heterocycles. The molecule has 6 aliphatic carbocycles. The van der Waals surface area contributed by atoms with Gasteiger partial charge >= 0.3 is 0 Å². The van der Waals surface area contributed by atoms with Gasteiger partial charge in [0.1, 0.15) is 11.5 Å². The van der Waals surface area contributed by atoms with Gasteiger partial charge in [-0.2, -0.15) is 0 Å². The van der Waals surface area contributed by atoms with Crippen LogP contribution in [0.2, 0.25) is 0 Å². The quantitative estimate of drug-likeness (QED) is 0.295. The predicted octanol–water partition coefficient (Wildman–Crippen LogP) is 8.42. The van der Waals surface area contributed by atoms with Crippen molar-refractivity contribution in [3.05, 3.63) is 58.7 Å². The van der Waals surface area contributed by atoms with Gasteiger partial charge in [0.25, 0.3) is 0 Å². The molecule has 0 aliphatic heterocycles. The third-order valence-electron chi connectivity index (χ3n) is 15.0. The molecule has 0 aromatic heterocycles. The molecule has 8 rings (SSSR count). The first-order valence-electron chi connectivity index (χ1n) is 18.7. The van der Waals surface area contributed by atoms with Crippen LogP contribution in [0.1, 0.15) is 119 Å². The van der Waals surface area contributed by atoms with Crippen LogP contribution in [0, 0.1) is 34.5 Å². The number of methoxy groups -OCH3 is 2. The summed E-state index contributed by atoms with van der Waals surface area (Å²) in [5, 5.41) is 8.26. The van der Waals surface area contributed by atoms with E-state index in [9.17, 15) is 0 Å². The monoisotopic (exact) mass is 610 g/mol. The summed E-state index contributed by atoms with van der Waals surface area (Å²) in [6.07, 6.45) is 17.5. The molecule has 45 heavy (non-hydrogen) atoms. The highest BCUT2D eigenvalue weighted by molar-refractivity contribution is 5.42. The first-order chi connectivity index (χ1) is 21.9. The second kappa shape index (κ2) is 11.9. The Morgan fingerprint density at radius 2 is 1.09 bits per heavy atom. The summed E-state index contributed by atoms with van der Waals surface area (Å²) in [5.41, 5.74) is 7.32. The summed E-state index contributed by atoms with van der Waals surface area (Å²) in [6.45, 7) is 7.62. The van der Waals surface area contributed by atoms with Crippen LogP contribution >= 0.6 is 0 Å². The van der Waals surface area contributed by atoms with Crippen LogP contribution in [0.15, 0.2) is 36.4 Å². The van der Waals surface area contributed by atoms with Gasteiger partial charge in [-0.25, -0.2) is 0 Å². The molecule has 2 aromatic carbocycles. The molecule has 4 saturated carbocycles. The fourth-order valence-electron chi connectivity index (χ4n) is 12.7. The highest BCUT2D eigenvalue weighted by atomic mass is 16.5. The molecule has 244 valence electrons. The van der Waals surface area contributed by atoms with Crippen molar-refractivity contribution in [2.24, 2.45) is 34.5 Å². The average Bonchev–Trinajstić information content (AvgIpc) is 3.59. The highest BCUT2D eigenvalue weighted by Gasteiger charge is 2.56. The molecular weight excluding hydrogens is 552 g/mol. The average molecular weight is 611 g/mol. The lowest BCUT2D eigenvalue weighted by Gasteiger charge is -2.51. The maximum absolute atomic E-state index is 5.55. The van der Waals surface area contributed by atoms with E-state index >= 15 is 0 Å². The van der Waals surface area contributed by atoms with Crippen LogP contribution in [0.25, 0.3) is 0 Å². The zero-order valence-electron chi connectivity index (χ0n) is 28.5. The second-order valence-corrected chi connectivity index (χ2v) is 16.6. The molecule has 10 atom stereocenters. The number of rotatable bonds is 8. The van der Waals surface area contributed by atoms with Crippen LogP contribution in [0.3, 0.4) is 0 Å². The Labute approximate surface area is 272 Å². The number of hydrogen-bond donors (Lipinski definition) is 2. The van der Waals surface area contributed by atoms with E-state index in [0.717, 1.165) is 60.1 Å². The minimum absolute atomic E-state index is 0.465. The smallest absolute Gasteiger partial charge is 0.119 e. The number of aryl methyl sites for hydroxylation is 2. The van der Waals surface area contributed by atoms with E-state index in [1.807, 2.05) is 0 Å². The molecule has 2 N–H and O–H groups in total. The Morgan fingerprint density at radius 3 is 1.53 bits per heavy atom. The topological polar surface area (TPSA) is 42.5 Å². The van der Waals surface area contributed by atoms with Crippen molar-refractivity contribution in [2.45, 2.75) is 121 Å². The van der Waals surface area contributed by atoms with Crippen LogP contribution in [-0.4, -0.2) is 39.4 Å². The van der Waals surface area contributed by atoms with Crippen molar-refractivity contribution in [3.63, 3.8) is 0 Å². The molecule has 0 bridgehead atoms. The van der Waals surface area contributed by atoms with E-state index in [4.69, 9.17) is 9.47 Å². The third-order valence-corrected chi connectivity index (χ3v) is 15.0. The van der Waals surface area contributed by atoms with Gasteiger partial charge in [0, 0.05) is 12.1 Å². The second-order valence-electron chi connectivity index (χ2n) is 16.6. The summed E-state index contributed by atoms with van der Waals surface area (Å²) < 4.78 is 11.1. The highest BCUT2D eigenvalue weighted by Crippen LogP contribution is 2.62. The molecule has 0 radical (unpaired) electrons. The van der Waals surface area contributed by atoms with E-state index in [0.29, 0.717) is 22.9 Å². The molecule has 4 heteroatoms. The van der Waals surface area contributed by atoms with Gasteiger partial charge in [0.2, 0.25) is 0 Å². The molecule has 2 unspecified atom stereocenters. The lowest BCUT2D eigenvalue weighted by molar-refractivity contribution is 0.0395. The van der Waals surface area contributed by atoms with E-state index < -0.39 is 0 Å².